The van der Waals surface area contributed by atoms with E-state index in [0.29, 0.717) is 29.9 Å². The molecule has 0 bridgehead atoms. The molecule has 1 fully saturated rings. The van der Waals surface area contributed by atoms with Crippen molar-refractivity contribution in [1.82, 2.24) is 9.97 Å². The molecule has 3 aromatic rings. The van der Waals surface area contributed by atoms with Gasteiger partial charge in [-0.1, -0.05) is 23.7 Å². The highest BCUT2D eigenvalue weighted by atomic mass is 35.5. The first-order chi connectivity index (χ1) is 14.5. The Morgan fingerprint density at radius 3 is 2.73 bits per heavy atom. The zero-order valence-corrected chi connectivity index (χ0v) is 17.9. The van der Waals surface area contributed by atoms with Gasteiger partial charge >= 0.3 is 0 Å². The van der Waals surface area contributed by atoms with Gasteiger partial charge in [-0.3, -0.25) is 4.79 Å². The van der Waals surface area contributed by atoms with E-state index in [9.17, 15) is 4.79 Å². The van der Waals surface area contributed by atoms with E-state index in [0.717, 1.165) is 41.7 Å². The zero-order chi connectivity index (χ0) is 21.1. The Bertz CT molecular complexity index is 1070. The van der Waals surface area contributed by atoms with E-state index >= 15 is 0 Å². The zero-order valence-electron chi connectivity index (χ0n) is 17.2. The molecule has 2 heterocycles. The second-order valence-corrected chi connectivity index (χ2v) is 7.94. The number of aromatic nitrogens is 2. The van der Waals surface area contributed by atoms with Crippen molar-refractivity contribution in [1.29, 1.82) is 0 Å². The number of carbonyl (C=O) groups is 1. The number of nitrogens with one attached hydrogen (secondary N) is 1. The molecule has 1 aromatic heterocycles. The maximum Gasteiger partial charge on any atom is 0.258 e. The molecule has 0 spiro atoms. The van der Waals surface area contributed by atoms with E-state index in [1.807, 2.05) is 50.2 Å². The lowest BCUT2D eigenvalue weighted by molar-refractivity contribution is -0.120. The lowest BCUT2D eigenvalue weighted by atomic mass is 9.97. The summed E-state index contributed by atoms with van der Waals surface area (Å²) in [6, 6.07) is 13.2. The van der Waals surface area contributed by atoms with Crippen LogP contribution in [0.15, 0.2) is 42.5 Å². The molecule has 0 saturated carbocycles. The first-order valence-corrected chi connectivity index (χ1v) is 10.6. The molecule has 1 unspecified atom stereocenters. The number of benzene rings is 2. The topological polar surface area (TPSA) is 67.4 Å². The van der Waals surface area contributed by atoms with E-state index in [4.69, 9.17) is 21.3 Å². The fraction of sp³-hybridized carbons (Fsp3) is 0.348. The summed E-state index contributed by atoms with van der Waals surface area (Å²) < 4.78 is 5.79. The van der Waals surface area contributed by atoms with Gasteiger partial charge < -0.3 is 15.0 Å². The molecule has 0 radical (unpaired) electrons. The van der Waals surface area contributed by atoms with Crippen LogP contribution in [0.5, 0.6) is 5.88 Å². The largest absolute Gasteiger partial charge is 0.475 e. The van der Waals surface area contributed by atoms with Crippen LogP contribution in [0.3, 0.4) is 0 Å². The van der Waals surface area contributed by atoms with Crippen LogP contribution in [0.2, 0.25) is 5.02 Å². The van der Waals surface area contributed by atoms with Crippen molar-refractivity contribution in [2.24, 2.45) is 5.92 Å². The van der Waals surface area contributed by atoms with E-state index in [1.54, 1.807) is 6.07 Å². The van der Waals surface area contributed by atoms with Crippen molar-refractivity contribution in [3.63, 3.8) is 0 Å². The van der Waals surface area contributed by atoms with Gasteiger partial charge in [0.2, 0.25) is 5.91 Å². The number of carbonyl (C=O) groups excluding carboxylic acids is 1. The predicted molar refractivity (Wildman–Crippen MR) is 120 cm³/mol. The fourth-order valence-electron chi connectivity index (χ4n) is 3.80. The van der Waals surface area contributed by atoms with Crippen molar-refractivity contribution in [2.75, 3.05) is 29.9 Å². The molecule has 1 N–H and O–H groups in total. The highest BCUT2D eigenvalue weighted by molar-refractivity contribution is 6.30. The van der Waals surface area contributed by atoms with Crippen LogP contribution in [0.25, 0.3) is 11.0 Å². The van der Waals surface area contributed by atoms with Crippen molar-refractivity contribution in [2.45, 2.75) is 26.7 Å². The second kappa shape index (κ2) is 8.88. The van der Waals surface area contributed by atoms with Crippen molar-refractivity contribution >= 4 is 40.0 Å². The Labute approximate surface area is 181 Å². The Kier molecular flexibility index (Phi) is 6.04. The van der Waals surface area contributed by atoms with Gasteiger partial charge in [0, 0.05) is 23.8 Å². The van der Waals surface area contributed by atoms with Crippen molar-refractivity contribution in [3.8, 4) is 5.88 Å². The summed E-state index contributed by atoms with van der Waals surface area (Å²) in [4.78, 5) is 24.6. The molecule has 6 nitrogen and oxygen atoms in total. The maximum absolute atomic E-state index is 13.0. The van der Waals surface area contributed by atoms with E-state index in [-0.39, 0.29) is 11.8 Å². The van der Waals surface area contributed by atoms with Crippen LogP contribution < -0.4 is 15.0 Å². The van der Waals surface area contributed by atoms with Gasteiger partial charge in [-0.05, 0) is 62.6 Å². The fourth-order valence-corrected chi connectivity index (χ4v) is 4.03. The predicted octanol–water partition coefficient (Wildman–Crippen LogP) is 4.85. The molecule has 1 atom stereocenters. The van der Waals surface area contributed by atoms with E-state index in [1.165, 1.54) is 0 Å². The Hall–Kier alpha value is -2.86. The van der Waals surface area contributed by atoms with E-state index < -0.39 is 0 Å². The third-order valence-electron chi connectivity index (χ3n) is 5.34. The average Bonchev–Trinajstić information content (AvgIpc) is 2.75. The van der Waals surface area contributed by atoms with Crippen LogP contribution in [-0.4, -0.2) is 35.6 Å². The number of hydrogen-bond donors (Lipinski definition) is 1. The second-order valence-electron chi connectivity index (χ2n) is 7.51. The summed E-state index contributed by atoms with van der Waals surface area (Å²) in [7, 11) is 0. The third-order valence-corrected chi connectivity index (χ3v) is 5.58. The third kappa shape index (κ3) is 4.33. The lowest BCUT2D eigenvalue weighted by Crippen LogP contribution is -2.41. The summed E-state index contributed by atoms with van der Waals surface area (Å²) in [6.45, 7) is 5.77. The summed E-state index contributed by atoms with van der Waals surface area (Å²) in [6.07, 6.45) is 1.73. The maximum atomic E-state index is 13.0. The molecule has 156 valence electrons. The Balaban J connectivity index is 1.56. The number of anilines is 2. The molecule has 1 amide bonds. The van der Waals surface area contributed by atoms with Crippen LogP contribution in [0.4, 0.5) is 11.5 Å². The van der Waals surface area contributed by atoms with Crippen molar-refractivity contribution < 1.29 is 9.53 Å². The summed E-state index contributed by atoms with van der Waals surface area (Å²) in [5.41, 5.74) is 3.36. The highest BCUT2D eigenvalue weighted by Crippen LogP contribution is 2.31. The standard InChI is InChI=1S/C23H25ClN4O2/c1-3-30-23-21(25-19-8-4-5-9-20(19)27-23)28-12-6-7-16(14-28)22(29)26-18-11-10-17(24)13-15(18)2/h4-5,8-11,13,16H,3,6-7,12,14H2,1-2H3,(H,26,29). The minimum Gasteiger partial charge on any atom is -0.475 e. The quantitative estimate of drug-likeness (QED) is 0.634. The number of aryl methyl sites for hydroxylation is 1. The smallest absolute Gasteiger partial charge is 0.258 e. The minimum atomic E-state index is -0.142. The Morgan fingerprint density at radius 2 is 2.00 bits per heavy atom. The van der Waals surface area contributed by atoms with Gasteiger partial charge in [0.25, 0.3) is 5.88 Å². The SMILES string of the molecule is CCOc1nc2ccccc2nc1N1CCCC(C(=O)Nc2ccc(Cl)cc2C)C1. The van der Waals surface area contributed by atoms with Gasteiger partial charge in [-0.15, -0.1) is 0 Å². The van der Waals surface area contributed by atoms with Crippen LogP contribution in [0, 0.1) is 12.8 Å². The normalized spacial score (nSPS) is 16.5. The van der Waals surface area contributed by atoms with Crippen LogP contribution in [0.1, 0.15) is 25.3 Å². The number of ether oxygens (including phenoxy) is 1. The molecular formula is C23H25ClN4O2. The number of halogens is 1. The number of fused-ring (bicyclic) bond motifs is 1. The molecule has 0 aliphatic carbocycles. The monoisotopic (exact) mass is 424 g/mol. The number of rotatable bonds is 5. The number of nitrogens with zero attached hydrogens (tertiary/aromatic N) is 3. The summed E-state index contributed by atoms with van der Waals surface area (Å²) in [5, 5.41) is 3.72. The molecule has 7 heteroatoms. The first-order valence-electron chi connectivity index (χ1n) is 10.3. The number of para-hydroxylation sites is 2. The molecule has 30 heavy (non-hydrogen) atoms. The van der Waals surface area contributed by atoms with Crippen LogP contribution >= 0.6 is 11.6 Å². The van der Waals surface area contributed by atoms with Gasteiger partial charge in [0.05, 0.1) is 23.6 Å². The van der Waals surface area contributed by atoms with Gasteiger partial charge in [0.1, 0.15) is 0 Å². The highest BCUT2D eigenvalue weighted by Gasteiger charge is 2.29. The minimum absolute atomic E-state index is 0.0110. The molecule has 2 aromatic carbocycles. The number of amides is 1. The number of hydrogen-bond acceptors (Lipinski definition) is 5. The van der Waals surface area contributed by atoms with Gasteiger partial charge in [0.15, 0.2) is 5.82 Å². The molecule has 1 aliphatic heterocycles. The Morgan fingerprint density at radius 1 is 1.23 bits per heavy atom. The summed E-state index contributed by atoms with van der Waals surface area (Å²) >= 11 is 6.03. The van der Waals surface area contributed by atoms with Gasteiger partial charge in [-0.25, -0.2) is 9.97 Å². The summed E-state index contributed by atoms with van der Waals surface area (Å²) in [5.74, 6) is 1.09. The van der Waals surface area contributed by atoms with Gasteiger partial charge in [-0.2, -0.15) is 0 Å². The van der Waals surface area contributed by atoms with Crippen molar-refractivity contribution in [3.05, 3.63) is 53.1 Å². The first kappa shape index (κ1) is 20.4. The lowest BCUT2D eigenvalue weighted by Gasteiger charge is -2.33. The molecular weight excluding hydrogens is 400 g/mol. The van der Waals surface area contributed by atoms with E-state index in [2.05, 4.69) is 15.2 Å². The molecule has 1 aliphatic rings. The number of piperidine rings is 1. The molecule has 4 rings (SSSR count). The average molecular weight is 425 g/mol. The molecule has 1 saturated heterocycles. The van der Waals surface area contributed by atoms with Crippen LogP contribution in [-0.2, 0) is 4.79 Å².